The van der Waals surface area contributed by atoms with Gasteiger partial charge in [-0.2, -0.15) is 0 Å². The second-order valence-corrected chi connectivity index (χ2v) is 8.29. The highest BCUT2D eigenvalue weighted by Crippen LogP contribution is 2.33. The normalized spacial score (nSPS) is 12.4. The highest BCUT2D eigenvalue weighted by Gasteiger charge is 2.18. The van der Waals surface area contributed by atoms with Gasteiger partial charge in [0.25, 0.3) is 0 Å². The Morgan fingerprint density at radius 3 is 2.48 bits per heavy atom. The Morgan fingerprint density at radius 1 is 0.909 bits per heavy atom. The van der Waals surface area contributed by atoms with Crippen LogP contribution in [0.2, 0.25) is 0 Å². The van der Waals surface area contributed by atoms with Crippen molar-refractivity contribution >= 4 is 17.7 Å². The summed E-state index contributed by atoms with van der Waals surface area (Å²) in [5.41, 5.74) is 2.79. The van der Waals surface area contributed by atoms with E-state index in [-0.39, 0.29) is 11.7 Å². The Bertz CT molecular complexity index is 1250. The molecule has 0 fully saturated rings. The summed E-state index contributed by atoms with van der Waals surface area (Å²) >= 11 is 1.35. The largest absolute Gasteiger partial charge is 0.486 e. The Kier molecular flexibility index (Phi) is 6.25. The van der Waals surface area contributed by atoms with Crippen LogP contribution in [0, 0.1) is 0 Å². The van der Waals surface area contributed by atoms with Crippen LogP contribution in [0.4, 0.5) is 0 Å². The second kappa shape index (κ2) is 9.79. The van der Waals surface area contributed by atoms with Gasteiger partial charge >= 0.3 is 0 Å². The molecular weight excluding hydrogens is 436 g/mol. The maximum absolute atomic E-state index is 12.6. The molecule has 2 heterocycles. The summed E-state index contributed by atoms with van der Waals surface area (Å²) in [6, 6.07) is 25.5. The van der Waals surface area contributed by atoms with Crippen molar-refractivity contribution in [2.45, 2.75) is 11.7 Å². The van der Waals surface area contributed by atoms with Crippen molar-refractivity contribution in [2.24, 2.45) is 0 Å². The first-order chi connectivity index (χ1) is 16.3. The lowest BCUT2D eigenvalue weighted by Gasteiger charge is -2.21. The lowest BCUT2D eigenvalue weighted by Crippen LogP contribution is -2.26. The van der Waals surface area contributed by atoms with Crippen molar-refractivity contribution in [1.82, 2.24) is 20.1 Å². The van der Waals surface area contributed by atoms with Gasteiger partial charge in [0.2, 0.25) is 5.91 Å². The number of nitrogens with one attached hydrogen (secondary N) is 1. The minimum absolute atomic E-state index is 0.0989. The molecule has 3 aromatic carbocycles. The summed E-state index contributed by atoms with van der Waals surface area (Å²) < 4.78 is 13.3. The van der Waals surface area contributed by atoms with Gasteiger partial charge in [0.05, 0.1) is 5.75 Å². The summed E-state index contributed by atoms with van der Waals surface area (Å²) in [6.07, 6.45) is 0. The van der Waals surface area contributed by atoms with E-state index in [1.165, 1.54) is 11.8 Å². The third-order valence-electron chi connectivity index (χ3n) is 5.14. The first-order valence-corrected chi connectivity index (χ1v) is 11.6. The number of carbonyl (C=O) groups excluding carboxylic acids is 1. The minimum atomic E-state index is -0.0989. The Morgan fingerprint density at radius 2 is 1.67 bits per heavy atom. The van der Waals surface area contributed by atoms with Crippen molar-refractivity contribution in [3.8, 4) is 28.6 Å². The van der Waals surface area contributed by atoms with Crippen LogP contribution in [-0.4, -0.2) is 39.6 Å². The van der Waals surface area contributed by atoms with Crippen molar-refractivity contribution in [3.05, 3.63) is 84.4 Å². The molecule has 1 aromatic heterocycles. The maximum Gasteiger partial charge on any atom is 0.230 e. The predicted molar refractivity (Wildman–Crippen MR) is 127 cm³/mol. The van der Waals surface area contributed by atoms with Crippen LogP contribution >= 0.6 is 11.8 Å². The molecule has 0 saturated heterocycles. The summed E-state index contributed by atoms with van der Waals surface area (Å²) in [5.74, 6) is 2.27. The molecule has 1 N–H and O–H groups in total. The van der Waals surface area contributed by atoms with Crippen molar-refractivity contribution in [3.63, 3.8) is 0 Å². The van der Waals surface area contributed by atoms with E-state index >= 15 is 0 Å². The first kappa shape index (κ1) is 21.1. The number of thioether (sulfide) groups is 1. The molecule has 166 valence electrons. The Labute approximate surface area is 195 Å². The fraction of sp³-hybridized carbons (Fsp3) is 0.160. The van der Waals surface area contributed by atoms with Gasteiger partial charge in [0, 0.05) is 23.4 Å². The van der Waals surface area contributed by atoms with Crippen LogP contribution < -0.4 is 14.8 Å². The van der Waals surface area contributed by atoms with E-state index < -0.39 is 0 Å². The number of amides is 1. The molecule has 0 unspecified atom stereocenters. The zero-order valence-corrected chi connectivity index (χ0v) is 18.6. The monoisotopic (exact) mass is 458 g/mol. The number of ether oxygens (including phenoxy) is 2. The molecule has 4 aromatic rings. The number of carbonyl (C=O) groups is 1. The van der Waals surface area contributed by atoms with Gasteiger partial charge in [0.15, 0.2) is 22.5 Å². The zero-order valence-electron chi connectivity index (χ0n) is 17.8. The number of rotatable bonds is 7. The molecule has 0 spiro atoms. The van der Waals surface area contributed by atoms with Gasteiger partial charge in [-0.15, -0.1) is 10.2 Å². The first-order valence-electron chi connectivity index (χ1n) is 10.6. The molecular formula is C25H22N4O3S. The van der Waals surface area contributed by atoms with Crippen LogP contribution in [0.15, 0.2) is 84.0 Å². The molecule has 0 bridgehead atoms. The van der Waals surface area contributed by atoms with Gasteiger partial charge < -0.3 is 14.8 Å². The molecule has 0 saturated carbocycles. The number of hydrogen-bond donors (Lipinski definition) is 1. The van der Waals surface area contributed by atoms with Crippen LogP contribution in [0.25, 0.3) is 17.1 Å². The molecule has 8 heteroatoms. The fourth-order valence-corrected chi connectivity index (χ4v) is 4.38. The van der Waals surface area contributed by atoms with E-state index in [1.54, 1.807) is 0 Å². The second-order valence-electron chi connectivity index (χ2n) is 7.35. The van der Waals surface area contributed by atoms with E-state index in [0.717, 1.165) is 22.6 Å². The Hall–Kier alpha value is -3.78. The molecule has 1 aliphatic heterocycles. The highest BCUT2D eigenvalue weighted by atomic mass is 32.2. The van der Waals surface area contributed by atoms with Crippen LogP contribution in [-0.2, 0) is 11.3 Å². The van der Waals surface area contributed by atoms with E-state index in [4.69, 9.17) is 9.47 Å². The van der Waals surface area contributed by atoms with E-state index in [2.05, 4.69) is 15.5 Å². The third kappa shape index (κ3) is 4.70. The SMILES string of the molecule is O=C(CSc1nnc(-c2ccccc2)n1-c1ccccc1)NCc1cccc2c1OCCO2. The van der Waals surface area contributed by atoms with Crippen molar-refractivity contribution in [2.75, 3.05) is 19.0 Å². The lowest BCUT2D eigenvalue weighted by atomic mass is 10.1. The van der Waals surface area contributed by atoms with Gasteiger partial charge in [-0.25, -0.2) is 0 Å². The predicted octanol–water partition coefficient (Wildman–Crippen LogP) is 4.11. The summed E-state index contributed by atoms with van der Waals surface area (Å²) in [7, 11) is 0. The zero-order chi connectivity index (χ0) is 22.5. The number of aromatic nitrogens is 3. The average Bonchev–Trinajstić information content (AvgIpc) is 3.31. The standard InChI is InChI=1S/C25H22N4O3S/c30-22(26-16-19-10-7-13-21-23(19)32-15-14-31-21)17-33-25-28-27-24(18-8-3-1-4-9-18)29(25)20-11-5-2-6-12-20/h1-13H,14-17H2,(H,26,30). The molecule has 0 radical (unpaired) electrons. The molecule has 7 nitrogen and oxygen atoms in total. The number of benzene rings is 3. The number of hydrogen-bond acceptors (Lipinski definition) is 6. The topological polar surface area (TPSA) is 78.3 Å². The summed E-state index contributed by atoms with van der Waals surface area (Å²) in [6.45, 7) is 1.41. The van der Waals surface area contributed by atoms with E-state index in [1.807, 2.05) is 83.4 Å². The maximum atomic E-state index is 12.6. The summed E-state index contributed by atoms with van der Waals surface area (Å²) in [4.78, 5) is 12.6. The molecule has 0 atom stereocenters. The van der Waals surface area contributed by atoms with Crippen molar-refractivity contribution < 1.29 is 14.3 Å². The minimum Gasteiger partial charge on any atom is -0.486 e. The molecule has 0 aliphatic carbocycles. The number of para-hydroxylation sites is 2. The van der Waals surface area contributed by atoms with E-state index in [9.17, 15) is 4.79 Å². The van der Waals surface area contributed by atoms with Crippen molar-refractivity contribution in [1.29, 1.82) is 0 Å². The van der Waals surface area contributed by atoms with Gasteiger partial charge in [-0.3, -0.25) is 9.36 Å². The fourth-order valence-electron chi connectivity index (χ4n) is 3.60. The Balaban J connectivity index is 1.30. The lowest BCUT2D eigenvalue weighted by molar-refractivity contribution is -0.118. The molecule has 33 heavy (non-hydrogen) atoms. The van der Waals surface area contributed by atoms with Crippen LogP contribution in [0.1, 0.15) is 5.56 Å². The smallest absolute Gasteiger partial charge is 0.230 e. The van der Waals surface area contributed by atoms with Gasteiger partial charge in [0.1, 0.15) is 13.2 Å². The summed E-state index contributed by atoms with van der Waals surface area (Å²) in [5, 5.41) is 12.4. The number of nitrogens with zero attached hydrogens (tertiary/aromatic N) is 3. The van der Waals surface area contributed by atoms with E-state index in [0.29, 0.717) is 36.4 Å². The van der Waals surface area contributed by atoms with Gasteiger partial charge in [-0.1, -0.05) is 72.4 Å². The van der Waals surface area contributed by atoms with Crippen LogP contribution in [0.5, 0.6) is 11.5 Å². The van der Waals surface area contributed by atoms with Crippen LogP contribution in [0.3, 0.4) is 0 Å². The molecule has 1 aliphatic rings. The molecule has 5 rings (SSSR count). The molecule has 1 amide bonds. The van der Waals surface area contributed by atoms with Gasteiger partial charge in [-0.05, 0) is 18.2 Å². The highest BCUT2D eigenvalue weighted by molar-refractivity contribution is 7.99. The average molecular weight is 459 g/mol. The number of fused-ring (bicyclic) bond motifs is 1. The third-order valence-corrected chi connectivity index (χ3v) is 6.06. The quantitative estimate of drug-likeness (QED) is 0.420.